The van der Waals surface area contributed by atoms with E-state index in [1.165, 1.54) is 0 Å². The summed E-state index contributed by atoms with van der Waals surface area (Å²) < 4.78 is 15.2. The molecule has 0 spiro atoms. The van der Waals surface area contributed by atoms with E-state index in [1.807, 2.05) is 37.0 Å². The van der Waals surface area contributed by atoms with Crippen LogP contribution in [-0.2, 0) is 7.05 Å². The van der Waals surface area contributed by atoms with Crippen molar-refractivity contribution in [3.05, 3.63) is 54.1 Å². The van der Waals surface area contributed by atoms with Gasteiger partial charge in [-0.2, -0.15) is 0 Å². The Kier molecular flexibility index (Phi) is 5.62. The lowest BCUT2D eigenvalue weighted by atomic mass is 9.92. The van der Waals surface area contributed by atoms with Crippen molar-refractivity contribution in [2.75, 3.05) is 11.9 Å². The summed E-state index contributed by atoms with van der Waals surface area (Å²) in [6.45, 7) is 4.60. The molecule has 7 nitrogen and oxygen atoms in total. The standard InChI is InChI=1S/C25H29FN6O/c1-4-22(33)21-7-14(2)18(13-28-21)17-8-16-12-30-23(29-11-15-9-19(15)26)10-20(16)31-24(17)25-27-5-6-32(25)3/h5-8,10,12-13,15,19,21-22,28,33H,4,9,11H2,1-3H3,(H,29,30). The number of rotatable bonds is 7. The van der Waals surface area contributed by atoms with E-state index in [0.29, 0.717) is 25.2 Å². The van der Waals surface area contributed by atoms with Crippen LogP contribution in [0.1, 0.15) is 32.3 Å². The third-order valence-electron chi connectivity index (χ3n) is 6.51. The SMILES string of the molecule is CCC(O)C1C=C(C)C(c2cc3cnc(NCC4CC4F)cc3nc2-c2nccn2C)=CN1. The zero-order valence-corrected chi connectivity index (χ0v) is 19.1. The fraction of sp³-hybridized carbons (Fsp3) is 0.400. The largest absolute Gasteiger partial charge is 0.391 e. The number of nitrogens with zero attached hydrogens (tertiary/aromatic N) is 4. The molecule has 4 heterocycles. The van der Waals surface area contributed by atoms with E-state index >= 15 is 0 Å². The molecule has 2 aliphatic rings. The molecule has 33 heavy (non-hydrogen) atoms. The number of allylic oxidation sites excluding steroid dienone is 2. The molecule has 4 atom stereocenters. The predicted molar refractivity (Wildman–Crippen MR) is 128 cm³/mol. The van der Waals surface area contributed by atoms with E-state index < -0.39 is 12.3 Å². The van der Waals surface area contributed by atoms with E-state index in [-0.39, 0.29) is 12.0 Å². The average molecular weight is 449 g/mol. The lowest BCUT2D eigenvalue weighted by Gasteiger charge is -2.26. The third-order valence-corrected chi connectivity index (χ3v) is 6.51. The highest BCUT2D eigenvalue weighted by molar-refractivity contribution is 5.93. The number of imidazole rings is 1. The number of aliphatic hydroxyl groups is 1. The monoisotopic (exact) mass is 448 g/mol. The topological polar surface area (TPSA) is 87.9 Å². The van der Waals surface area contributed by atoms with Gasteiger partial charge < -0.3 is 20.3 Å². The van der Waals surface area contributed by atoms with Gasteiger partial charge in [-0.25, -0.2) is 19.3 Å². The van der Waals surface area contributed by atoms with Gasteiger partial charge in [-0.1, -0.05) is 13.0 Å². The number of halogens is 1. The van der Waals surface area contributed by atoms with Crippen molar-refractivity contribution in [1.82, 2.24) is 24.8 Å². The van der Waals surface area contributed by atoms with Gasteiger partial charge in [0.05, 0.1) is 17.7 Å². The maximum Gasteiger partial charge on any atom is 0.159 e. The number of hydrogen-bond donors (Lipinski definition) is 3. The zero-order chi connectivity index (χ0) is 23.1. The summed E-state index contributed by atoms with van der Waals surface area (Å²) >= 11 is 0. The number of aryl methyl sites for hydroxylation is 1. The quantitative estimate of drug-likeness (QED) is 0.509. The fourth-order valence-corrected chi connectivity index (χ4v) is 4.26. The minimum atomic E-state index is -0.694. The van der Waals surface area contributed by atoms with Crippen LogP contribution >= 0.6 is 0 Å². The molecular formula is C25H29FN6O. The molecule has 0 bridgehead atoms. The normalized spacial score (nSPS) is 23.0. The van der Waals surface area contributed by atoms with Crippen LogP contribution in [0.4, 0.5) is 10.2 Å². The summed E-state index contributed by atoms with van der Waals surface area (Å²) in [6, 6.07) is 3.88. The van der Waals surface area contributed by atoms with Crippen molar-refractivity contribution in [3.8, 4) is 11.5 Å². The molecule has 3 aromatic heterocycles. The van der Waals surface area contributed by atoms with Crippen molar-refractivity contribution < 1.29 is 9.50 Å². The summed E-state index contributed by atoms with van der Waals surface area (Å²) in [7, 11) is 1.95. The van der Waals surface area contributed by atoms with E-state index in [2.05, 4.69) is 39.7 Å². The smallest absolute Gasteiger partial charge is 0.159 e. The molecule has 0 saturated heterocycles. The third kappa shape index (κ3) is 4.23. The number of hydrogen-bond acceptors (Lipinski definition) is 6. The van der Waals surface area contributed by atoms with E-state index in [1.54, 1.807) is 12.4 Å². The van der Waals surface area contributed by atoms with Crippen LogP contribution < -0.4 is 10.6 Å². The lowest BCUT2D eigenvalue weighted by Crippen LogP contribution is -2.37. The lowest BCUT2D eigenvalue weighted by molar-refractivity contribution is 0.146. The fourth-order valence-electron chi connectivity index (χ4n) is 4.26. The first kappa shape index (κ1) is 21.6. The number of aliphatic hydroxyl groups excluding tert-OH is 1. The van der Waals surface area contributed by atoms with Crippen molar-refractivity contribution in [2.45, 2.75) is 45.0 Å². The Morgan fingerprint density at radius 1 is 1.33 bits per heavy atom. The molecule has 4 unspecified atom stereocenters. The molecule has 0 aromatic carbocycles. The Balaban J connectivity index is 1.55. The maximum absolute atomic E-state index is 13.2. The summed E-state index contributed by atoms with van der Waals surface area (Å²) in [5.41, 5.74) is 4.59. The molecule has 1 aliphatic heterocycles. The highest BCUT2D eigenvalue weighted by Crippen LogP contribution is 2.36. The van der Waals surface area contributed by atoms with Crippen LogP contribution in [0.5, 0.6) is 0 Å². The highest BCUT2D eigenvalue weighted by atomic mass is 19.1. The Hall–Kier alpha value is -3.26. The molecule has 1 aliphatic carbocycles. The van der Waals surface area contributed by atoms with Gasteiger partial charge >= 0.3 is 0 Å². The van der Waals surface area contributed by atoms with Crippen LogP contribution in [0.25, 0.3) is 28.0 Å². The Labute approximate surface area is 192 Å². The van der Waals surface area contributed by atoms with Crippen molar-refractivity contribution in [1.29, 1.82) is 0 Å². The van der Waals surface area contributed by atoms with Gasteiger partial charge in [0.15, 0.2) is 5.82 Å². The highest BCUT2D eigenvalue weighted by Gasteiger charge is 2.36. The second kappa shape index (κ2) is 8.59. The van der Waals surface area contributed by atoms with Gasteiger partial charge in [-0.3, -0.25) is 0 Å². The average Bonchev–Trinajstić information content (AvgIpc) is 3.36. The molecule has 172 valence electrons. The van der Waals surface area contributed by atoms with Gasteiger partial charge in [0.1, 0.15) is 17.7 Å². The first-order valence-corrected chi connectivity index (χ1v) is 11.4. The number of alkyl halides is 1. The number of fused-ring (bicyclic) bond motifs is 1. The Bertz CT molecular complexity index is 1250. The zero-order valence-electron chi connectivity index (χ0n) is 19.1. The maximum atomic E-state index is 13.2. The van der Waals surface area contributed by atoms with Crippen molar-refractivity contribution in [3.63, 3.8) is 0 Å². The predicted octanol–water partition coefficient (Wildman–Crippen LogP) is 3.83. The minimum Gasteiger partial charge on any atom is -0.391 e. The van der Waals surface area contributed by atoms with Crippen LogP contribution in [0.3, 0.4) is 0 Å². The molecule has 3 aromatic rings. The van der Waals surface area contributed by atoms with E-state index in [0.717, 1.165) is 39.1 Å². The molecular weight excluding hydrogens is 419 g/mol. The van der Waals surface area contributed by atoms with Gasteiger partial charge in [-0.05, 0) is 31.4 Å². The van der Waals surface area contributed by atoms with E-state index in [4.69, 9.17) is 4.98 Å². The summed E-state index contributed by atoms with van der Waals surface area (Å²) in [4.78, 5) is 14.1. The molecule has 1 fully saturated rings. The summed E-state index contributed by atoms with van der Waals surface area (Å²) in [5, 5.41) is 17.7. The second-order valence-electron chi connectivity index (χ2n) is 8.98. The second-order valence-corrected chi connectivity index (χ2v) is 8.98. The number of aromatic nitrogens is 4. The van der Waals surface area contributed by atoms with Gasteiger partial charge in [-0.15, -0.1) is 0 Å². The van der Waals surface area contributed by atoms with Gasteiger partial charge in [0, 0.05) is 66.9 Å². The van der Waals surface area contributed by atoms with Gasteiger partial charge in [0.25, 0.3) is 0 Å². The number of nitrogens with one attached hydrogen (secondary N) is 2. The van der Waals surface area contributed by atoms with Crippen LogP contribution in [0, 0.1) is 5.92 Å². The minimum absolute atomic E-state index is 0.0801. The van der Waals surface area contributed by atoms with Crippen LogP contribution in [0.15, 0.2) is 48.6 Å². The molecule has 0 radical (unpaired) electrons. The van der Waals surface area contributed by atoms with Crippen molar-refractivity contribution >= 4 is 22.3 Å². The first-order valence-electron chi connectivity index (χ1n) is 11.4. The molecule has 1 saturated carbocycles. The summed E-state index contributed by atoms with van der Waals surface area (Å²) in [5.74, 6) is 1.54. The van der Waals surface area contributed by atoms with Crippen molar-refractivity contribution in [2.24, 2.45) is 13.0 Å². The molecule has 0 amide bonds. The Morgan fingerprint density at radius 3 is 2.82 bits per heavy atom. The molecule has 3 N–H and O–H groups in total. The first-order chi connectivity index (χ1) is 15.9. The summed E-state index contributed by atoms with van der Waals surface area (Å²) in [6.07, 6.45) is 9.65. The number of anilines is 1. The molecule has 5 rings (SSSR count). The number of dihydropyridines is 1. The van der Waals surface area contributed by atoms with Gasteiger partial charge in [0.2, 0.25) is 0 Å². The molecule has 8 heteroatoms. The van der Waals surface area contributed by atoms with E-state index in [9.17, 15) is 9.50 Å². The Morgan fingerprint density at radius 2 is 2.15 bits per heavy atom. The number of pyridine rings is 2. The van der Waals surface area contributed by atoms with Crippen LogP contribution in [-0.4, -0.2) is 49.5 Å². The van der Waals surface area contributed by atoms with Crippen LogP contribution in [0.2, 0.25) is 0 Å².